The number of aromatic nitrogens is 2. The summed E-state index contributed by atoms with van der Waals surface area (Å²) in [5.41, 5.74) is 3.87. The second-order valence-electron chi connectivity index (χ2n) is 10.6. The Bertz CT molecular complexity index is 1480. The number of nitrogens with zero attached hydrogens (tertiary/aromatic N) is 2. The fourth-order valence-corrected chi connectivity index (χ4v) is 5.37. The van der Waals surface area contributed by atoms with Gasteiger partial charge in [0.15, 0.2) is 0 Å². The highest BCUT2D eigenvalue weighted by molar-refractivity contribution is 6.25. The molecule has 1 aliphatic carbocycles. The Hall–Kier alpha value is -4.47. The molecule has 10 nitrogen and oxygen atoms in total. The zero-order valence-electron chi connectivity index (χ0n) is 21.7. The molecule has 0 spiro atoms. The number of piperidine rings is 1. The molecule has 3 aromatic rings. The van der Waals surface area contributed by atoms with Crippen molar-refractivity contribution in [2.24, 2.45) is 0 Å². The third-order valence-corrected chi connectivity index (χ3v) is 7.33. The Morgan fingerprint density at radius 1 is 1.03 bits per heavy atom. The summed E-state index contributed by atoms with van der Waals surface area (Å²) in [6, 6.07) is 9.84. The Kier molecular flexibility index (Phi) is 6.17. The first kappa shape index (κ1) is 24.8. The number of aromatic amines is 1. The molecular weight excluding hydrogens is 498 g/mol. The maximum atomic E-state index is 13.6. The van der Waals surface area contributed by atoms with Gasteiger partial charge in [-0.1, -0.05) is 12.1 Å². The summed E-state index contributed by atoms with van der Waals surface area (Å²) in [4.78, 5) is 52.1. The molecule has 2 atom stereocenters. The Morgan fingerprint density at radius 2 is 1.85 bits per heavy atom. The van der Waals surface area contributed by atoms with Gasteiger partial charge in [-0.25, -0.2) is 0 Å². The van der Waals surface area contributed by atoms with E-state index in [1.54, 1.807) is 30.6 Å². The molecule has 3 N–H and O–H groups in total. The molecule has 4 amide bonds. The molecular formula is C29H29N5O5. The number of benzene rings is 2. The first-order valence-electron chi connectivity index (χ1n) is 13.2. The third kappa shape index (κ3) is 4.67. The number of H-pyrrole nitrogens is 1. The quantitative estimate of drug-likeness (QED) is 0.381. The monoisotopic (exact) mass is 527 g/mol. The highest BCUT2D eigenvalue weighted by Gasteiger charge is 2.45. The molecule has 200 valence electrons. The average Bonchev–Trinajstić information content (AvgIpc) is 3.55. The van der Waals surface area contributed by atoms with Crippen molar-refractivity contribution in [1.29, 1.82) is 0 Å². The first-order chi connectivity index (χ1) is 18.8. The summed E-state index contributed by atoms with van der Waals surface area (Å²) in [5.74, 6) is -0.890. The van der Waals surface area contributed by atoms with Gasteiger partial charge >= 0.3 is 0 Å². The van der Waals surface area contributed by atoms with Gasteiger partial charge in [0.2, 0.25) is 11.8 Å². The largest absolute Gasteiger partial charge is 0.491 e. The van der Waals surface area contributed by atoms with E-state index in [2.05, 4.69) is 33.0 Å². The lowest BCUT2D eigenvalue weighted by atomic mass is 9.96. The number of hydrogen-bond donors (Lipinski definition) is 3. The number of carbonyl (C=O) groups excluding carboxylic acids is 4. The standard InChI is InChI=1S/C29H29N5O5/c1-15(2)39-20-11-17(16-6-7-16)10-18(12-20)26(19-13-30-31-14-19)32-22-5-3-4-21-25(22)29(38)34(28(21)37)23-8-9-24(35)33-27(23)36/h3-5,10-16,23,26,32H,6-9H2,1-2H3,(H,30,31)(H,33,35,36). The summed E-state index contributed by atoms with van der Waals surface area (Å²) in [6.07, 6.45) is 5.94. The molecule has 6 rings (SSSR count). The molecule has 3 heterocycles. The van der Waals surface area contributed by atoms with Crippen LogP contribution < -0.4 is 15.4 Å². The van der Waals surface area contributed by atoms with Crippen LogP contribution in [0.1, 0.15) is 88.9 Å². The minimum atomic E-state index is -1.03. The van der Waals surface area contributed by atoms with Gasteiger partial charge in [0, 0.05) is 23.9 Å². The molecule has 3 aliphatic rings. The highest BCUT2D eigenvalue weighted by Crippen LogP contribution is 2.43. The van der Waals surface area contributed by atoms with Crippen LogP contribution in [0.4, 0.5) is 5.69 Å². The molecule has 1 aromatic heterocycles. The minimum Gasteiger partial charge on any atom is -0.491 e. The molecule has 2 aliphatic heterocycles. The van der Waals surface area contributed by atoms with Crippen LogP contribution in [0, 0.1) is 0 Å². The van der Waals surface area contributed by atoms with Crippen LogP contribution in [-0.2, 0) is 9.59 Å². The number of imide groups is 2. The van der Waals surface area contributed by atoms with E-state index in [4.69, 9.17) is 4.74 Å². The fraction of sp³-hybridized carbons (Fsp3) is 0.345. The van der Waals surface area contributed by atoms with Crippen LogP contribution in [0.25, 0.3) is 0 Å². The summed E-state index contributed by atoms with van der Waals surface area (Å²) < 4.78 is 6.08. The maximum absolute atomic E-state index is 13.6. The summed E-state index contributed by atoms with van der Waals surface area (Å²) in [5, 5.41) is 12.7. The number of rotatable bonds is 8. The molecule has 2 fully saturated rings. The van der Waals surface area contributed by atoms with Gasteiger partial charge in [-0.15, -0.1) is 0 Å². The van der Waals surface area contributed by atoms with Crippen LogP contribution in [0.5, 0.6) is 5.75 Å². The number of hydrogen-bond acceptors (Lipinski definition) is 7. The van der Waals surface area contributed by atoms with E-state index in [1.165, 1.54) is 5.56 Å². The predicted octanol–water partition coefficient (Wildman–Crippen LogP) is 3.68. The molecule has 2 unspecified atom stereocenters. The second-order valence-corrected chi connectivity index (χ2v) is 10.6. The molecule has 1 saturated heterocycles. The lowest BCUT2D eigenvalue weighted by Crippen LogP contribution is -2.54. The van der Waals surface area contributed by atoms with Gasteiger partial charge in [-0.3, -0.25) is 34.5 Å². The number of nitrogens with one attached hydrogen (secondary N) is 3. The number of amides is 4. The van der Waals surface area contributed by atoms with E-state index in [0.717, 1.165) is 34.6 Å². The van der Waals surface area contributed by atoms with E-state index < -0.39 is 35.7 Å². The molecule has 39 heavy (non-hydrogen) atoms. The van der Waals surface area contributed by atoms with Gasteiger partial charge in [0.25, 0.3) is 11.8 Å². The van der Waals surface area contributed by atoms with Gasteiger partial charge in [-0.2, -0.15) is 5.10 Å². The number of ether oxygens (including phenoxy) is 1. The van der Waals surface area contributed by atoms with Gasteiger partial charge in [0.05, 0.1) is 29.5 Å². The molecule has 0 radical (unpaired) electrons. The topological polar surface area (TPSA) is 133 Å². The van der Waals surface area contributed by atoms with Gasteiger partial charge in [0.1, 0.15) is 11.8 Å². The van der Waals surface area contributed by atoms with Crippen molar-refractivity contribution in [1.82, 2.24) is 20.4 Å². The lowest BCUT2D eigenvalue weighted by Gasteiger charge is -2.28. The number of carbonyl (C=O) groups is 4. The Morgan fingerprint density at radius 3 is 2.54 bits per heavy atom. The first-order valence-corrected chi connectivity index (χ1v) is 13.2. The fourth-order valence-electron chi connectivity index (χ4n) is 5.37. The van der Waals surface area contributed by atoms with Crippen molar-refractivity contribution >= 4 is 29.3 Å². The Labute approximate surface area is 225 Å². The zero-order chi connectivity index (χ0) is 27.3. The third-order valence-electron chi connectivity index (χ3n) is 7.33. The lowest BCUT2D eigenvalue weighted by molar-refractivity contribution is -0.136. The van der Waals surface area contributed by atoms with Crippen LogP contribution in [-0.4, -0.2) is 50.9 Å². The molecule has 0 bridgehead atoms. The molecule has 1 saturated carbocycles. The van der Waals surface area contributed by atoms with Crippen LogP contribution >= 0.6 is 0 Å². The van der Waals surface area contributed by atoms with E-state index in [1.807, 2.05) is 19.9 Å². The predicted molar refractivity (Wildman–Crippen MR) is 141 cm³/mol. The van der Waals surface area contributed by atoms with E-state index in [-0.39, 0.29) is 30.1 Å². The van der Waals surface area contributed by atoms with Crippen molar-refractivity contribution in [3.8, 4) is 5.75 Å². The minimum absolute atomic E-state index is 0.00642. The van der Waals surface area contributed by atoms with Crippen molar-refractivity contribution in [2.45, 2.75) is 63.6 Å². The normalized spacial score (nSPS) is 19.8. The zero-order valence-corrected chi connectivity index (χ0v) is 21.7. The van der Waals surface area contributed by atoms with Crippen LogP contribution in [0.3, 0.4) is 0 Å². The van der Waals surface area contributed by atoms with Crippen LogP contribution in [0.15, 0.2) is 48.8 Å². The summed E-state index contributed by atoms with van der Waals surface area (Å²) >= 11 is 0. The summed E-state index contributed by atoms with van der Waals surface area (Å²) in [7, 11) is 0. The number of anilines is 1. The molecule has 2 aromatic carbocycles. The van der Waals surface area contributed by atoms with E-state index in [0.29, 0.717) is 11.6 Å². The van der Waals surface area contributed by atoms with Gasteiger partial charge < -0.3 is 10.1 Å². The van der Waals surface area contributed by atoms with Crippen molar-refractivity contribution in [3.63, 3.8) is 0 Å². The second kappa shape index (κ2) is 9.68. The highest BCUT2D eigenvalue weighted by atomic mass is 16.5. The smallest absolute Gasteiger partial charge is 0.264 e. The molecule has 10 heteroatoms. The Balaban J connectivity index is 1.38. The average molecular weight is 528 g/mol. The maximum Gasteiger partial charge on any atom is 0.264 e. The SMILES string of the molecule is CC(C)Oc1cc(C2CC2)cc(C(Nc2cccc3c2C(=O)N(C2CCC(=O)NC2=O)C3=O)c2cn[nH]c2)c1. The van der Waals surface area contributed by atoms with E-state index in [9.17, 15) is 19.2 Å². The number of fused-ring (bicyclic) bond motifs is 1. The van der Waals surface area contributed by atoms with Crippen LogP contribution in [0.2, 0.25) is 0 Å². The van der Waals surface area contributed by atoms with Gasteiger partial charge in [-0.05, 0) is 74.4 Å². The van der Waals surface area contributed by atoms with Crippen molar-refractivity contribution < 1.29 is 23.9 Å². The van der Waals surface area contributed by atoms with E-state index >= 15 is 0 Å². The summed E-state index contributed by atoms with van der Waals surface area (Å²) in [6.45, 7) is 3.97. The van der Waals surface area contributed by atoms with Crippen molar-refractivity contribution in [2.75, 3.05) is 5.32 Å². The van der Waals surface area contributed by atoms with Crippen molar-refractivity contribution in [3.05, 3.63) is 76.6 Å².